The number of hydrogen-bond donors (Lipinski definition) is 0. The zero-order valence-electron chi connectivity index (χ0n) is 15.3. The maximum atomic E-state index is 13.1. The maximum Gasteiger partial charge on any atom is 0.416 e. The Labute approximate surface area is 159 Å². The van der Waals surface area contributed by atoms with E-state index in [0.29, 0.717) is 24.0 Å². The number of benzene rings is 1. The summed E-state index contributed by atoms with van der Waals surface area (Å²) in [5, 5.41) is 4.53. The van der Waals surface area contributed by atoms with E-state index in [1.165, 1.54) is 21.4 Å². The Kier molecular flexibility index (Phi) is 4.56. The zero-order chi connectivity index (χ0) is 19.9. The number of aryl methyl sites for hydroxylation is 1. The third-order valence-corrected chi connectivity index (χ3v) is 5.21. The Balaban J connectivity index is 1.84. The van der Waals surface area contributed by atoms with Gasteiger partial charge in [-0.2, -0.15) is 13.2 Å². The third kappa shape index (κ3) is 3.34. The molecule has 0 bridgehead atoms. The fourth-order valence-corrected chi connectivity index (χ4v) is 3.38. The maximum absolute atomic E-state index is 13.1. The minimum absolute atomic E-state index is 0.349. The van der Waals surface area contributed by atoms with Crippen LogP contribution in [0.2, 0.25) is 0 Å². The van der Waals surface area contributed by atoms with E-state index in [0.717, 1.165) is 42.5 Å². The highest BCUT2D eigenvalue weighted by molar-refractivity contribution is 5.61. The van der Waals surface area contributed by atoms with Crippen LogP contribution in [0.15, 0.2) is 47.5 Å². The van der Waals surface area contributed by atoms with Gasteiger partial charge in [-0.3, -0.25) is 4.98 Å². The highest BCUT2D eigenvalue weighted by Gasteiger charge is 2.30. The molecule has 1 aliphatic carbocycles. The number of nitrogens with zero attached hydrogens (tertiary/aromatic N) is 4. The van der Waals surface area contributed by atoms with Crippen molar-refractivity contribution >= 4 is 0 Å². The van der Waals surface area contributed by atoms with Crippen molar-refractivity contribution in [2.45, 2.75) is 38.9 Å². The molecule has 2 heterocycles. The SMILES string of the molecule is Cc1cnccc1-c1nn(CC2CCC2)c(=O)n1-c1ccc(C(F)(F)F)cc1. The van der Waals surface area contributed by atoms with Crippen LogP contribution < -0.4 is 5.69 Å². The minimum atomic E-state index is -4.43. The molecule has 0 N–H and O–H groups in total. The lowest BCUT2D eigenvalue weighted by molar-refractivity contribution is -0.137. The van der Waals surface area contributed by atoms with Gasteiger partial charge in [-0.1, -0.05) is 6.42 Å². The van der Waals surface area contributed by atoms with Crippen LogP contribution in [0.3, 0.4) is 0 Å². The number of halogens is 3. The zero-order valence-corrected chi connectivity index (χ0v) is 15.3. The molecule has 0 radical (unpaired) electrons. The van der Waals surface area contributed by atoms with Crippen LogP contribution >= 0.6 is 0 Å². The molecule has 3 aromatic rings. The Morgan fingerprint density at radius 1 is 1.14 bits per heavy atom. The second-order valence-electron chi connectivity index (χ2n) is 7.16. The fourth-order valence-electron chi connectivity index (χ4n) is 3.38. The summed E-state index contributed by atoms with van der Waals surface area (Å²) >= 11 is 0. The molecule has 1 aliphatic rings. The molecular formula is C20H19F3N4O. The van der Waals surface area contributed by atoms with Crippen molar-refractivity contribution in [3.63, 3.8) is 0 Å². The van der Waals surface area contributed by atoms with E-state index < -0.39 is 11.7 Å². The van der Waals surface area contributed by atoms with E-state index in [9.17, 15) is 18.0 Å². The molecule has 1 fully saturated rings. The van der Waals surface area contributed by atoms with Crippen LogP contribution in [0.5, 0.6) is 0 Å². The lowest BCUT2D eigenvalue weighted by Crippen LogP contribution is -2.29. The molecule has 2 aromatic heterocycles. The van der Waals surface area contributed by atoms with Gasteiger partial charge >= 0.3 is 11.9 Å². The first-order valence-corrected chi connectivity index (χ1v) is 9.13. The summed E-state index contributed by atoms with van der Waals surface area (Å²) in [7, 11) is 0. The third-order valence-electron chi connectivity index (χ3n) is 5.21. The molecule has 146 valence electrons. The quantitative estimate of drug-likeness (QED) is 0.672. The van der Waals surface area contributed by atoms with E-state index >= 15 is 0 Å². The topological polar surface area (TPSA) is 52.7 Å². The van der Waals surface area contributed by atoms with Crippen LogP contribution in [-0.4, -0.2) is 19.3 Å². The summed E-state index contributed by atoms with van der Waals surface area (Å²) in [6.07, 6.45) is 2.11. The summed E-state index contributed by atoms with van der Waals surface area (Å²) < 4.78 is 41.5. The molecule has 0 spiro atoms. The number of alkyl halides is 3. The standard InChI is InChI=1S/C20H19F3N4O/c1-13-11-24-10-9-17(13)18-25-26(12-14-3-2-4-14)19(28)27(18)16-7-5-15(6-8-16)20(21,22)23/h5-11,14H,2-4,12H2,1H3. The number of aromatic nitrogens is 4. The smallest absolute Gasteiger partial charge is 0.264 e. The summed E-state index contributed by atoms with van der Waals surface area (Å²) in [5.41, 5.74) is 0.797. The van der Waals surface area contributed by atoms with Crippen molar-refractivity contribution in [1.82, 2.24) is 19.3 Å². The molecule has 0 saturated heterocycles. The predicted molar refractivity (Wildman–Crippen MR) is 98.1 cm³/mol. The Morgan fingerprint density at radius 3 is 2.43 bits per heavy atom. The summed E-state index contributed by atoms with van der Waals surface area (Å²) in [4.78, 5) is 17.1. The average Bonchev–Trinajstić information content (AvgIpc) is 2.94. The van der Waals surface area contributed by atoms with Gasteiger partial charge in [0.1, 0.15) is 0 Å². The molecule has 5 nitrogen and oxygen atoms in total. The second-order valence-corrected chi connectivity index (χ2v) is 7.16. The van der Waals surface area contributed by atoms with Gasteiger partial charge < -0.3 is 0 Å². The van der Waals surface area contributed by atoms with Gasteiger partial charge in [0, 0.05) is 24.5 Å². The average molecular weight is 388 g/mol. The van der Waals surface area contributed by atoms with E-state index in [1.807, 2.05) is 6.92 Å². The van der Waals surface area contributed by atoms with Gasteiger partial charge in [-0.25, -0.2) is 14.0 Å². The molecular weight excluding hydrogens is 369 g/mol. The molecule has 0 amide bonds. The second kappa shape index (κ2) is 6.92. The van der Waals surface area contributed by atoms with E-state index in [-0.39, 0.29) is 5.69 Å². The van der Waals surface area contributed by atoms with Crippen LogP contribution in [0, 0.1) is 12.8 Å². The molecule has 0 unspecified atom stereocenters. The molecule has 28 heavy (non-hydrogen) atoms. The van der Waals surface area contributed by atoms with Crippen molar-refractivity contribution in [2.75, 3.05) is 0 Å². The minimum Gasteiger partial charge on any atom is -0.264 e. The van der Waals surface area contributed by atoms with Gasteiger partial charge in [0.15, 0.2) is 5.82 Å². The first-order valence-electron chi connectivity index (χ1n) is 9.13. The van der Waals surface area contributed by atoms with Crippen LogP contribution in [0.4, 0.5) is 13.2 Å². The molecule has 0 aliphatic heterocycles. The van der Waals surface area contributed by atoms with Crippen molar-refractivity contribution in [3.05, 3.63) is 64.3 Å². The van der Waals surface area contributed by atoms with Gasteiger partial charge in [0.2, 0.25) is 0 Å². The van der Waals surface area contributed by atoms with E-state index in [1.54, 1.807) is 18.5 Å². The summed E-state index contributed by atoms with van der Waals surface area (Å²) in [6.45, 7) is 2.37. The van der Waals surface area contributed by atoms with Crippen LogP contribution in [-0.2, 0) is 12.7 Å². The van der Waals surface area contributed by atoms with Gasteiger partial charge in [0.05, 0.1) is 11.3 Å². The first kappa shape index (κ1) is 18.5. The molecule has 1 aromatic carbocycles. The molecule has 8 heteroatoms. The predicted octanol–water partition coefficient (Wildman–Crippen LogP) is 4.22. The van der Waals surface area contributed by atoms with Gasteiger partial charge in [-0.05, 0) is 61.6 Å². The van der Waals surface area contributed by atoms with E-state index in [2.05, 4.69) is 10.1 Å². The van der Waals surface area contributed by atoms with Gasteiger partial charge in [0.25, 0.3) is 0 Å². The lowest BCUT2D eigenvalue weighted by Gasteiger charge is -2.24. The van der Waals surface area contributed by atoms with Crippen molar-refractivity contribution < 1.29 is 13.2 Å². The number of hydrogen-bond acceptors (Lipinski definition) is 3. The Hall–Kier alpha value is -2.90. The monoisotopic (exact) mass is 388 g/mol. The summed E-state index contributed by atoms with van der Waals surface area (Å²) in [5.74, 6) is 0.823. The van der Waals surface area contributed by atoms with Crippen molar-refractivity contribution in [2.24, 2.45) is 5.92 Å². The highest BCUT2D eigenvalue weighted by atomic mass is 19.4. The molecule has 0 atom stereocenters. The Bertz CT molecular complexity index is 1050. The summed E-state index contributed by atoms with van der Waals surface area (Å²) in [6, 6.07) is 6.33. The molecule has 4 rings (SSSR count). The van der Waals surface area contributed by atoms with Crippen LogP contribution in [0.1, 0.15) is 30.4 Å². The molecule has 1 saturated carbocycles. The number of rotatable bonds is 4. The lowest BCUT2D eigenvalue weighted by atomic mass is 9.85. The van der Waals surface area contributed by atoms with E-state index in [4.69, 9.17) is 0 Å². The van der Waals surface area contributed by atoms with Gasteiger partial charge in [-0.15, -0.1) is 5.10 Å². The Morgan fingerprint density at radius 2 is 1.86 bits per heavy atom. The first-order chi connectivity index (χ1) is 13.3. The highest BCUT2D eigenvalue weighted by Crippen LogP contribution is 2.31. The van der Waals surface area contributed by atoms with Crippen LogP contribution in [0.25, 0.3) is 17.1 Å². The van der Waals surface area contributed by atoms with Crippen molar-refractivity contribution in [1.29, 1.82) is 0 Å². The van der Waals surface area contributed by atoms with Crippen molar-refractivity contribution in [3.8, 4) is 17.1 Å². The normalized spacial score (nSPS) is 14.9. The number of pyridine rings is 1. The fraction of sp³-hybridized carbons (Fsp3) is 0.350. The largest absolute Gasteiger partial charge is 0.416 e.